The molecule has 0 radical (unpaired) electrons. The molecule has 6 nitrogen and oxygen atoms in total. The summed E-state index contributed by atoms with van der Waals surface area (Å²) in [5.41, 5.74) is 0.0675. The van der Waals surface area contributed by atoms with E-state index >= 15 is 0 Å². The van der Waals surface area contributed by atoms with E-state index in [4.69, 9.17) is 0 Å². The van der Waals surface area contributed by atoms with Crippen LogP contribution in [0.25, 0.3) is 11.6 Å². The van der Waals surface area contributed by atoms with Gasteiger partial charge in [0.2, 0.25) is 0 Å². The zero-order valence-electron chi connectivity index (χ0n) is 5.37. The molecular weight excluding hydrogens is 148 g/mol. The average molecular weight is 152 g/mol. The monoisotopic (exact) mass is 152 g/mol. The number of hydrogen-bond donors (Lipinski definition) is 2. The van der Waals surface area contributed by atoms with Crippen molar-refractivity contribution in [1.29, 1.82) is 0 Å². The fraction of sp³-hybridized carbons (Fsp3) is 0. The molecule has 0 bridgehead atoms. The molecule has 2 aromatic heterocycles. The van der Waals surface area contributed by atoms with Crippen LogP contribution in [0.2, 0.25) is 0 Å². The van der Waals surface area contributed by atoms with Gasteiger partial charge in [-0.25, -0.2) is 9.78 Å². The predicted octanol–water partition coefficient (Wildman–Crippen LogP) is -0.247. The molecular formula is C5H4N4O2. The van der Waals surface area contributed by atoms with Crippen molar-refractivity contribution in [2.24, 2.45) is 0 Å². The maximum atomic E-state index is 10.5. The maximum Gasteiger partial charge on any atom is 0.377 e. The van der Waals surface area contributed by atoms with Gasteiger partial charge in [0.25, 0.3) is 5.89 Å². The zero-order valence-corrected chi connectivity index (χ0v) is 5.37. The van der Waals surface area contributed by atoms with E-state index < -0.39 is 5.69 Å². The highest BCUT2D eigenvalue weighted by Crippen LogP contribution is 2.07. The number of imidazole rings is 1. The molecule has 0 amide bonds. The van der Waals surface area contributed by atoms with Crippen molar-refractivity contribution in [1.82, 2.24) is 20.1 Å². The van der Waals surface area contributed by atoms with Gasteiger partial charge in [0.05, 0.1) is 12.5 Å². The number of nitrogens with one attached hydrogen (secondary N) is 2. The van der Waals surface area contributed by atoms with Crippen LogP contribution in [-0.2, 0) is 0 Å². The Labute approximate surface area is 60.3 Å². The van der Waals surface area contributed by atoms with Crippen LogP contribution in [0, 0.1) is 0 Å². The predicted molar refractivity (Wildman–Crippen MR) is 34.7 cm³/mol. The van der Waals surface area contributed by atoms with E-state index in [-0.39, 0.29) is 5.89 Å². The molecule has 6 heteroatoms. The number of rotatable bonds is 1. The van der Waals surface area contributed by atoms with E-state index in [0.717, 1.165) is 0 Å². The van der Waals surface area contributed by atoms with Gasteiger partial charge >= 0.3 is 5.69 Å². The van der Waals surface area contributed by atoms with Crippen LogP contribution in [0.5, 0.6) is 0 Å². The number of H-pyrrole nitrogens is 2. The molecule has 0 saturated carbocycles. The molecule has 2 heterocycles. The minimum absolute atomic E-state index is 0.215. The quantitative estimate of drug-likeness (QED) is 0.589. The zero-order chi connectivity index (χ0) is 7.68. The smallest absolute Gasteiger partial charge is 0.355 e. The van der Waals surface area contributed by atoms with Crippen LogP contribution in [0.1, 0.15) is 0 Å². The minimum atomic E-state index is -0.505. The second-order valence-electron chi connectivity index (χ2n) is 1.89. The van der Waals surface area contributed by atoms with Crippen LogP contribution in [0.15, 0.2) is 21.8 Å². The van der Waals surface area contributed by atoms with Gasteiger partial charge in [0.1, 0.15) is 5.69 Å². The minimum Gasteiger partial charge on any atom is -0.355 e. The van der Waals surface area contributed by atoms with Crippen LogP contribution in [0.4, 0.5) is 0 Å². The van der Waals surface area contributed by atoms with Crippen LogP contribution >= 0.6 is 0 Å². The Morgan fingerprint density at radius 3 is 3.00 bits per heavy atom. The lowest BCUT2D eigenvalue weighted by Gasteiger charge is -1.81. The summed E-state index contributed by atoms with van der Waals surface area (Å²) < 4.78 is 4.69. The van der Waals surface area contributed by atoms with Gasteiger partial charge in [-0.05, 0) is 0 Å². The summed E-state index contributed by atoms with van der Waals surface area (Å²) in [6.45, 7) is 0. The molecule has 11 heavy (non-hydrogen) atoms. The Hall–Kier alpha value is -1.85. The Bertz CT molecular complexity index is 385. The van der Waals surface area contributed by atoms with Crippen molar-refractivity contribution < 1.29 is 4.52 Å². The van der Waals surface area contributed by atoms with Gasteiger partial charge in [0.15, 0.2) is 0 Å². The van der Waals surface area contributed by atoms with Gasteiger partial charge < -0.3 is 9.51 Å². The molecule has 0 aliphatic rings. The third kappa shape index (κ3) is 0.936. The first-order valence-electron chi connectivity index (χ1n) is 2.90. The Morgan fingerprint density at radius 2 is 2.45 bits per heavy atom. The number of aromatic nitrogens is 4. The van der Waals surface area contributed by atoms with Crippen LogP contribution in [0.3, 0.4) is 0 Å². The van der Waals surface area contributed by atoms with Crippen molar-refractivity contribution in [3.05, 3.63) is 23.0 Å². The summed E-state index contributed by atoms with van der Waals surface area (Å²) in [4.78, 5) is 20.5. The second kappa shape index (κ2) is 2.08. The SMILES string of the molecule is O=c1nc(-c2cnc[nH]2)o[nH]1. The Kier molecular flexibility index (Phi) is 1.12. The average Bonchev–Trinajstić information content (AvgIpc) is 2.55. The highest BCUT2D eigenvalue weighted by atomic mass is 16.5. The molecule has 0 saturated heterocycles. The first kappa shape index (κ1) is 5.90. The second-order valence-corrected chi connectivity index (χ2v) is 1.89. The normalized spacial score (nSPS) is 10.2. The summed E-state index contributed by atoms with van der Waals surface area (Å²) >= 11 is 0. The largest absolute Gasteiger partial charge is 0.377 e. The topological polar surface area (TPSA) is 87.6 Å². The Morgan fingerprint density at radius 1 is 1.55 bits per heavy atom. The lowest BCUT2D eigenvalue weighted by atomic mass is 10.5. The third-order valence-corrected chi connectivity index (χ3v) is 1.17. The third-order valence-electron chi connectivity index (χ3n) is 1.17. The van der Waals surface area contributed by atoms with Gasteiger partial charge in [-0.15, -0.1) is 0 Å². The number of nitrogens with zero attached hydrogens (tertiary/aromatic N) is 2. The molecule has 56 valence electrons. The van der Waals surface area contributed by atoms with E-state index in [0.29, 0.717) is 5.69 Å². The molecule has 2 rings (SSSR count). The lowest BCUT2D eigenvalue weighted by Crippen LogP contribution is -1.99. The van der Waals surface area contributed by atoms with Gasteiger partial charge in [-0.1, -0.05) is 0 Å². The first-order valence-corrected chi connectivity index (χ1v) is 2.90. The van der Waals surface area contributed by atoms with Gasteiger partial charge in [-0.2, -0.15) is 10.1 Å². The van der Waals surface area contributed by atoms with Crippen molar-refractivity contribution in [3.8, 4) is 11.6 Å². The number of aromatic amines is 2. The van der Waals surface area contributed by atoms with E-state index in [9.17, 15) is 4.79 Å². The molecule has 0 fully saturated rings. The van der Waals surface area contributed by atoms with Crippen molar-refractivity contribution in [3.63, 3.8) is 0 Å². The highest BCUT2D eigenvalue weighted by Gasteiger charge is 2.04. The van der Waals surface area contributed by atoms with E-state index in [1.54, 1.807) is 0 Å². The molecule has 0 aromatic carbocycles. The van der Waals surface area contributed by atoms with Crippen LogP contribution < -0.4 is 5.69 Å². The van der Waals surface area contributed by atoms with E-state index in [1.165, 1.54) is 12.5 Å². The fourth-order valence-corrected chi connectivity index (χ4v) is 0.718. The first-order chi connectivity index (χ1) is 5.36. The summed E-state index contributed by atoms with van der Waals surface area (Å²) in [5.74, 6) is 0.215. The number of hydrogen-bond acceptors (Lipinski definition) is 4. The summed E-state index contributed by atoms with van der Waals surface area (Å²) in [6.07, 6.45) is 2.99. The molecule has 0 atom stereocenters. The molecule has 0 aliphatic heterocycles. The van der Waals surface area contributed by atoms with Gasteiger partial charge in [-0.3, -0.25) is 0 Å². The molecule has 0 spiro atoms. The van der Waals surface area contributed by atoms with Crippen molar-refractivity contribution >= 4 is 0 Å². The van der Waals surface area contributed by atoms with Crippen LogP contribution in [-0.4, -0.2) is 20.1 Å². The summed E-state index contributed by atoms with van der Waals surface area (Å²) in [6, 6.07) is 0. The van der Waals surface area contributed by atoms with E-state index in [2.05, 4.69) is 24.6 Å². The Balaban J connectivity index is 2.53. The summed E-state index contributed by atoms with van der Waals surface area (Å²) in [7, 11) is 0. The highest BCUT2D eigenvalue weighted by molar-refractivity contribution is 5.42. The molecule has 2 N–H and O–H groups in total. The lowest BCUT2D eigenvalue weighted by molar-refractivity contribution is 0.423. The maximum absolute atomic E-state index is 10.5. The molecule has 0 aliphatic carbocycles. The van der Waals surface area contributed by atoms with E-state index in [1.807, 2.05) is 0 Å². The fourth-order valence-electron chi connectivity index (χ4n) is 0.718. The standard InChI is InChI=1S/C5H4N4O2/c10-5-8-4(11-9-5)3-1-6-2-7-3/h1-2H,(H,6,7)(H,9,10). The summed E-state index contributed by atoms with van der Waals surface area (Å²) in [5, 5.41) is 2.07. The van der Waals surface area contributed by atoms with Crippen molar-refractivity contribution in [2.75, 3.05) is 0 Å². The molecule has 0 unspecified atom stereocenters. The van der Waals surface area contributed by atoms with Gasteiger partial charge in [0, 0.05) is 0 Å². The molecule has 2 aromatic rings. The van der Waals surface area contributed by atoms with Crippen molar-refractivity contribution in [2.45, 2.75) is 0 Å².